The Labute approximate surface area is 119 Å². The third kappa shape index (κ3) is 2.85. The Morgan fingerprint density at radius 1 is 1.10 bits per heavy atom. The van der Waals surface area contributed by atoms with Gasteiger partial charge in [0.25, 0.3) is 5.56 Å². The summed E-state index contributed by atoms with van der Waals surface area (Å²) in [5, 5.41) is 0.0357. The van der Waals surface area contributed by atoms with E-state index in [-0.39, 0.29) is 11.6 Å². The second kappa shape index (κ2) is 5.83. The molecule has 20 heavy (non-hydrogen) atoms. The van der Waals surface area contributed by atoms with Crippen LogP contribution in [0.1, 0.15) is 11.1 Å². The number of hydrogen-bond donors (Lipinski definition) is 2. The molecule has 0 saturated heterocycles. The molecule has 2 N–H and O–H groups in total. The third-order valence-electron chi connectivity index (χ3n) is 2.82. The van der Waals surface area contributed by atoms with E-state index in [1.165, 1.54) is 7.11 Å². The summed E-state index contributed by atoms with van der Waals surface area (Å²) in [5.41, 5.74) is -0.0369. The predicted octanol–water partition coefficient (Wildman–Crippen LogP) is 1.32. The fourth-order valence-corrected chi connectivity index (χ4v) is 2.08. The summed E-state index contributed by atoms with van der Waals surface area (Å²) in [5.74, 6) is 1.15. The second-order valence-corrected chi connectivity index (χ2v) is 4.44. The van der Waals surface area contributed by atoms with E-state index in [0.29, 0.717) is 17.1 Å². The number of benzene rings is 1. The molecule has 0 saturated carbocycles. The van der Waals surface area contributed by atoms with Gasteiger partial charge in [-0.25, -0.2) is 4.79 Å². The Hall–Kier alpha value is -2.21. The van der Waals surface area contributed by atoms with Crippen LogP contribution in [-0.2, 0) is 6.42 Å². The quantitative estimate of drug-likeness (QED) is 0.834. The van der Waals surface area contributed by atoms with E-state index < -0.39 is 11.2 Å². The van der Waals surface area contributed by atoms with Crippen LogP contribution in [0.3, 0.4) is 0 Å². The number of aromatic amines is 2. The maximum Gasteiger partial charge on any atom is 0.326 e. The molecule has 0 bridgehead atoms. The topological polar surface area (TPSA) is 84.2 Å². The zero-order valence-electron chi connectivity index (χ0n) is 11.0. The third-order valence-corrected chi connectivity index (χ3v) is 3.14. The summed E-state index contributed by atoms with van der Waals surface area (Å²) in [7, 11) is 3.07. The molecule has 2 aromatic rings. The van der Waals surface area contributed by atoms with Crippen molar-refractivity contribution in [2.75, 3.05) is 14.2 Å². The summed E-state index contributed by atoms with van der Waals surface area (Å²) < 4.78 is 10.3. The number of halogens is 1. The molecule has 0 fully saturated rings. The molecule has 0 amide bonds. The van der Waals surface area contributed by atoms with E-state index >= 15 is 0 Å². The molecule has 2 rings (SSSR count). The predicted molar refractivity (Wildman–Crippen MR) is 75.0 cm³/mol. The Morgan fingerprint density at radius 2 is 1.80 bits per heavy atom. The van der Waals surface area contributed by atoms with Gasteiger partial charge >= 0.3 is 5.69 Å². The lowest BCUT2D eigenvalue weighted by Gasteiger charge is -2.09. The summed E-state index contributed by atoms with van der Waals surface area (Å²) in [4.78, 5) is 27.3. The molecule has 106 valence electrons. The zero-order chi connectivity index (χ0) is 14.7. The number of methoxy groups -OCH3 is 2. The highest BCUT2D eigenvalue weighted by atomic mass is 35.5. The van der Waals surface area contributed by atoms with E-state index in [1.54, 1.807) is 25.3 Å². The SMILES string of the molecule is COc1ccc(Cc2c(Cl)[nH]c(=O)[nH]c2=O)cc1OC. The van der Waals surface area contributed by atoms with Crippen LogP contribution in [0.15, 0.2) is 27.8 Å². The van der Waals surface area contributed by atoms with E-state index in [1.807, 2.05) is 0 Å². The van der Waals surface area contributed by atoms with Crippen LogP contribution < -0.4 is 20.7 Å². The first kappa shape index (κ1) is 14.2. The minimum atomic E-state index is -0.629. The van der Waals surface area contributed by atoms with Crippen molar-refractivity contribution in [2.45, 2.75) is 6.42 Å². The molecule has 0 aliphatic heterocycles. The number of ether oxygens (including phenoxy) is 2. The number of nitrogens with one attached hydrogen (secondary N) is 2. The summed E-state index contributed by atoms with van der Waals surface area (Å²) >= 11 is 5.89. The molecule has 1 heterocycles. The van der Waals surface area contributed by atoms with Crippen molar-refractivity contribution < 1.29 is 9.47 Å². The molecule has 0 aliphatic rings. The van der Waals surface area contributed by atoms with Crippen molar-refractivity contribution >= 4 is 11.6 Å². The van der Waals surface area contributed by atoms with Crippen LogP contribution in [-0.4, -0.2) is 24.2 Å². The van der Waals surface area contributed by atoms with Gasteiger partial charge in [-0.15, -0.1) is 0 Å². The van der Waals surface area contributed by atoms with E-state index in [0.717, 1.165) is 5.56 Å². The van der Waals surface area contributed by atoms with Crippen molar-refractivity contribution in [1.82, 2.24) is 9.97 Å². The highest BCUT2D eigenvalue weighted by Gasteiger charge is 2.11. The lowest BCUT2D eigenvalue weighted by molar-refractivity contribution is 0.354. The lowest BCUT2D eigenvalue weighted by Crippen LogP contribution is -2.25. The first-order chi connectivity index (χ1) is 9.55. The maximum atomic E-state index is 11.7. The molecule has 0 unspecified atom stereocenters. The molecule has 7 heteroatoms. The summed E-state index contributed by atoms with van der Waals surface area (Å²) in [6.45, 7) is 0. The van der Waals surface area contributed by atoms with E-state index in [4.69, 9.17) is 21.1 Å². The highest BCUT2D eigenvalue weighted by molar-refractivity contribution is 6.30. The minimum absolute atomic E-state index is 0.0357. The number of aromatic nitrogens is 2. The van der Waals surface area contributed by atoms with Crippen molar-refractivity contribution in [3.05, 3.63) is 55.3 Å². The normalized spacial score (nSPS) is 10.3. The Bertz CT molecular complexity index is 736. The Balaban J connectivity index is 2.40. The van der Waals surface area contributed by atoms with Gasteiger partial charge in [0.15, 0.2) is 11.5 Å². The van der Waals surface area contributed by atoms with Gasteiger partial charge in [-0.05, 0) is 17.7 Å². The van der Waals surface area contributed by atoms with Crippen LogP contribution in [0.2, 0.25) is 5.15 Å². The van der Waals surface area contributed by atoms with Gasteiger partial charge in [0.05, 0.1) is 19.8 Å². The Morgan fingerprint density at radius 3 is 2.40 bits per heavy atom. The summed E-state index contributed by atoms with van der Waals surface area (Å²) in [6.07, 6.45) is 0.269. The summed E-state index contributed by atoms with van der Waals surface area (Å²) in [6, 6.07) is 5.28. The van der Waals surface area contributed by atoms with Gasteiger partial charge in [0.2, 0.25) is 0 Å². The van der Waals surface area contributed by atoms with Crippen LogP contribution in [0.4, 0.5) is 0 Å². The largest absolute Gasteiger partial charge is 0.493 e. The number of rotatable bonds is 4. The van der Waals surface area contributed by atoms with Crippen molar-refractivity contribution in [1.29, 1.82) is 0 Å². The fraction of sp³-hybridized carbons (Fsp3) is 0.231. The zero-order valence-corrected chi connectivity index (χ0v) is 11.7. The Kier molecular flexibility index (Phi) is 4.14. The molecule has 1 aromatic heterocycles. The molecule has 0 radical (unpaired) electrons. The first-order valence-electron chi connectivity index (χ1n) is 5.77. The first-order valence-corrected chi connectivity index (χ1v) is 6.15. The second-order valence-electron chi connectivity index (χ2n) is 4.07. The van der Waals surface area contributed by atoms with Crippen LogP contribution in [0, 0.1) is 0 Å². The number of H-pyrrole nitrogens is 2. The smallest absolute Gasteiger partial charge is 0.326 e. The van der Waals surface area contributed by atoms with Gasteiger partial charge in [0.1, 0.15) is 5.15 Å². The van der Waals surface area contributed by atoms with Gasteiger partial charge in [0, 0.05) is 6.42 Å². The van der Waals surface area contributed by atoms with Crippen molar-refractivity contribution in [3.63, 3.8) is 0 Å². The van der Waals surface area contributed by atoms with Gasteiger partial charge < -0.3 is 9.47 Å². The van der Waals surface area contributed by atoms with Crippen molar-refractivity contribution in [2.24, 2.45) is 0 Å². The molecule has 0 atom stereocenters. The standard InChI is InChI=1S/C13H13ClN2O4/c1-19-9-4-3-7(6-10(9)20-2)5-8-11(14)15-13(18)16-12(8)17/h3-4,6H,5H2,1-2H3,(H2,15,16,17,18). The molecule has 0 spiro atoms. The van der Waals surface area contributed by atoms with Gasteiger partial charge in [-0.3, -0.25) is 14.8 Å². The lowest BCUT2D eigenvalue weighted by atomic mass is 10.1. The molecular weight excluding hydrogens is 284 g/mol. The molecule has 6 nitrogen and oxygen atoms in total. The highest BCUT2D eigenvalue weighted by Crippen LogP contribution is 2.28. The van der Waals surface area contributed by atoms with Crippen molar-refractivity contribution in [3.8, 4) is 11.5 Å². The van der Waals surface area contributed by atoms with E-state index in [9.17, 15) is 9.59 Å². The average molecular weight is 297 g/mol. The fourth-order valence-electron chi connectivity index (χ4n) is 1.84. The average Bonchev–Trinajstić information content (AvgIpc) is 2.42. The van der Waals surface area contributed by atoms with Gasteiger partial charge in [-0.2, -0.15) is 0 Å². The van der Waals surface area contributed by atoms with Crippen LogP contribution in [0.25, 0.3) is 0 Å². The molecular formula is C13H13ClN2O4. The van der Waals surface area contributed by atoms with Crippen LogP contribution >= 0.6 is 11.6 Å². The number of hydrogen-bond acceptors (Lipinski definition) is 4. The van der Waals surface area contributed by atoms with Crippen LogP contribution in [0.5, 0.6) is 11.5 Å². The van der Waals surface area contributed by atoms with E-state index in [2.05, 4.69) is 9.97 Å². The maximum absolute atomic E-state index is 11.7. The molecule has 0 aliphatic carbocycles. The van der Waals surface area contributed by atoms with Gasteiger partial charge in [-0.1, -0.05) is 17.7 Å². The molecule has 1 aromatic carbocycles. The minimum Gasteiger partial charge on any atom is -0.493 e. The monoisotopic (exact) mass is 296 g/mol.